The van der Waals surface area contributed by atoms with Crippen LogP contribution in [-0.4, -0.2) is 36.7 Å². The molecule has 3 nitrogen and oxygen atoms in total. The molecular formula is C17H28N2O. The monoisotopic (exact) mass is 276 g/mol. The topological polar surface area (TPSA) is 24.5 Å². The first kappa shape index (κ1) is 15.5. The number of hydrogen-bond donors (Lipinski definition) is 1. The third-order valence-corrected chi connectivity index (χ3v) is 3.54. The standard InChI is InChI=1S/C17H28N2O/c1-17(2,3)18-13-15-6-4-7-16(12-15)14-19-8-5-10-20-11-9-19/h4,6-7,12,18H,5,8-11,13-14H2,1-3H3. The summed E-state index contributed by atoms with van der Waals surface area (Å²) in [5.41, 5.74) is 2.93. The fourth-order valence-electron chi connectivity index (χ4n) is 2.42. The molecule has 1 aliphatic heterocycles. The predicted molar refractivity (Wildman–Crippen MR) is 83.7 cm³/mol. The van der Waals surface area contributed by atoms with Crippen molar-refractivity contribution in [2.75, 3.05) is 26.3 Å². The molecule has 3 heteroatoms. The third-order valence-electron chi connectivity index (χ3n) is 3.54. The molecule has 0 spiro atoms. The van der Waals surface area contributed by atoms with E-state index in [9.17, 15) is 0 Å². The summed E-state index contributed by atoms with van der Waals surface area (Å²) in [5, 5.41) is 3.55. The van der Waals surface area contributed by atoms with Gasteiger partial charge in [0.2, 0.25) is 0 Å². The van der Waals surface area contributed by atoms with Crippen LogP contribution in [0, 0.1) is 0 Å². The summed E-state index contributed by atoms with van der Waals surface area (Å²) in [6, 6.07) is 8.92. The first-order valence-electron chi connectivity index (χ1n) is 7.66. The molecular weight excluding hydrogens is 248 g/mol. The lowest BCUT2D eigenvalue weighted by molar-refractivity contribution is 0.140. The van der Waals surface area contributed by atoms with Gasteiger partial charge in [-0.1, -0.05) is 24.3 Å². The summed E-state index contributed by atoms with van der Waals surface area (Å²) in [5.74, 6) is 0. The van der Waals surface area contributed by atoms with E-state index in [1.165, 1.54) is 11.1 Å². The molecule has 0 radical (unpaired) electrons. The average molecular weight is 276 g/mol. The van der Waals surface area contributed by atoms with Crippen LogP contribution in [0.2, 0.25) is 0 Å². The highest BCUT2D eigenvalue weighted by Gasteiger charge is 2.11. The molecule has 20 heavy (non-hydrogen) atoms. The molecule has 1 aromatic rings. The molecule has 2 rings (SSSR count). The van der Waals surface area contributed by atoms with Crippen LogP contribution in [0.3, 0.4) is 0 Å². The van der Waals surface area contributed by atoms with Crippen molar-refractivity contribution in [1.29, 1.82) is 0 Å². The van der Waals surface area contributed by atoms with Crippen LogP contribution in [0.5, 0.6) is 0 Å². The van der Waals surface area contributed by atoms with Crippen LogP contribution in [0.25, 0.3) is 0 Å². The minimum Gasteiger partial charge on any atom is -0.380 e. The SMILES string of the molecule is CC(C)(C)NCc1cccc(CN2CCCOCC2)c1. The lowest BCUT2D eigenvalue weighted by Gasteiger charge is -2.22. The Balaban J connectivity index is 1.91. The summed E-state index contributed by atoms with van der Waals surface area (Å²) in [6.07, 6.45) is 1.14. The molecule has 0 aromatic heterocycles. The Morgan fingerprint density at radius 1 is 1.15 bits per heavy atom. The number of hydrogen-bond acceptors (Lipinski definition) is 3. The van der Waals surface area contributed by atoms with Crippen molar-refractivity contribution in [2.45, 2.75) is 45.8 Å². The molecule has 0 saturated carbocycles. The quantitative estimate of drug-likeness (QED) is 0.915. The van der Waals surface area contributed by atoms with Crippen LogP contribution in [-0.2, 0) is 17.8 Å². The molecule has 1 saturated heterocycles. The molecule has 1 N–H and O–H groups in total. The van der Waals surface area contributed by atoms with E-state index in [1.807, 2.05) is 0 Å². The molecule has 1 aliphatic rings. The summed E-state index contributed by atoms with van der Waals surface area (Å²) >= 11 is 0. The number of nitrogens with zero attached hydrogens (tertiary/aromatic N) is 1. The molecule has 0 bridgehead atoms. The van der Waals surface area contributed by atoms with E-state index in [-0.39, 0.29) is 5.54 Å². The van der Waals surface area contributed by atoms with E-state index in [0.29, 0.717) is 0 Å². The van der Waals surface area contributed by atoms with Gasteiger partial charge in [0.25, 0.3) is 0 Å². The van der Waals surface area contributed by atoms with E-state index in [1.54, 1.807) is 0 Å². The second-order valence-electron chi connectivity index (χ2n) is 6.67. The van der Waals surface area contributed by atoms with E-state index >= 15 is 0 Å². The van der Waals surface area contributed by atoms with Gasteiger partial charge in [-0.2, -0.15) is 0 Å². The fraction of sp³-hybridized carbons (Fsp3) is 0.647. The second kappa shape index (κ2) is 7.21. The van der Waals surface area contributed by atoms with Crippen molar-refractivity contribution >= 4 is 0 Å². The maximum Gasteiger partial charge on any atom is 0.0593 e. The number of rotatable bonds is 4. The first-order chi connectivity index (χ1) is 9.53. The highest BCUT2D eigenvalue weighted by Crippen LogP contribution is 2.11. The van der Waals surface area contributed by atoms with Gasteiger partial charge < -0.3 is 10.1 Å². The average Bonchev–Trinajstić information content (AvgIpc) is 2.65. The molecule has 1 heterocycles. The van der Waals surface area contributed by atoms with Crippen LogP contribution >= 0.6 is 0 Å². The van der Waals surface area contributed by atoms with Crippen molar-refractivity contribution in [3.63, 3.8) is 0 Å². The Morgan fingerprint density at radius 2 is 1.95 bits per heavy atom. The van der Waals surface area contributed by atoms with Gasteiger partial charge in [0.15, 0.2) is 0 Å². The predicted octanol–water partition coefficient (Wildman–Crippen LogP) is 2.80. The van der Waals surface area contributed by atoms with Crippen molar-refractivity contribution in [3.05, 3.63) is 35.4 Å². The van der Waals surface area contributed by atoms with E-state index in [0.717, 1.165) is 45.8 Å². The smallest absolute Gasteiger partial charge is 0.0593 e. The number of ether oxygens (including phenoxy) is 1. The molecule has 0 unspecified atom stereocenters. The highest BCUT2D eigenvalue weighted by atomic mass is 16.5. The zero-order valence-electron chi connectivity index (χ0n) is 13.1. The number of benzene rings is 1. The third kappa shape index (κ3) is 5.61. The Bertz CT molecular complexity index is 404. The van der Waals surface area contributed by atoms with Gasteiger partial charge in [-0.3, -0.25) is 4.90 Å². The first-order valence-corrected chi connectivity index (χ1v) is 7.66. The number of nitrogens with one attached hydrogen (secondary N) is 1. The Kier molecular flexibility index (Phi) is 5.58. The summed E-state index contributed by atoms with van der Waals surface area (Å²) in [6.45, 7) is 12.5. The van der Waals surface area contributed by atoms with Crippen molar-refractivity contribution in [3.8, 4) is 0 Å². The second-order valence-corrected chi connectivity index (χ2v) is 6.67. The summed E-state index contributed by atoms with van der Waals surface area (Å²) in [4.78, 5) is 2.49. The van der Waals surface area contributed by atoms with E-state index < -0.39 is 0 Å². The summed E-state index contributed by atoms with van der Waals surface area (Å²) in [7, 11) is 0. The zero-order chi connectivity index (χ0) is 14.4. The van der Waals surface area contributed by atoms with Crippen LogP contribution in [0.15, 0.2) is 24.3 Å². The van der Waals surface area contributed by atoms with Crippen molar-refractivity contribution < 1.29 is 4.74 Å². The van der Waals surface area contributed by atoms with Crippen LogP contribution < -0.4 is 5.32 Å². The maximum atomic E-state index is 5.51. The normalized spacial score (nSPS) is 17.9. The van der Waals surface area contributed by atoms with Gasteiger partial charge in [-0.25, -0.2) is 0 Å². The minimum atomic E-state index is 0.165. The van der Waals surface area contributed by atoms with Crippen molar-refractivity contribution in [1.82, 2.24) is 10.2 Å². The molecule has 0 atom stereocenters. The molecule has 1 aromatic carbocycles. The minimum absolute atomic E-state index is 0.165. The van der Waals surface area contributed by atoms with Gasteiger partial charge in [-0.05, 0) is 38.3 Å². The zero-order valence-corrected chi connectivity index (χ0v) is 13.1. The van der Waals surface area contributed by atoms with Crippen molar-refractivity contribution in [2.24, 2.45) is 0 Å². The molecule has 112 valence electrons. The maximum absolute atomic E-state index is 5.51. The highest BCUT2D eigenvalue weighted by molar-refractivity contribution is 5.23. The molecule has 0 amide bonds. The Labute approximate surface area is 123 Å². The van der Waals surface area contributed by atoms with Gasteiger partial charge in [0.05, 0.1) is 6.61 Å². The van der Waals surface area contributed by atoms with Gasteiger partial charge in [0, 0.05) is 38.3 Å². The van der Waals surface area contributed by atoms with Crippen LogP contribution in [0.4, 0.5) is 0 Å². The van der Waals surface area contributed by atoms with Gasteiger partial charge in [0.1, 0.15) is 0 Å². The van der Waals surface area contributed by atoms with E-state index in [2.05, 4.69) is 55.3 Å². The van der Waals surface area contributed by atoms with Crippen LogP contribution in [0.1, 0.15) is 38.3 Å². The fourth-order valence-corrected chi connectivity index (χ4v) is 2.42. The lowest BCUT2D eigenvalue weighted by atomic mass is 10.1. The molecule has 0 aliphatic carbocycles. The largest absolute Gasteiger partial charge is 0.380 e. The van der Waals surface area contributed by atoms with Gasteiger partial charge >= 0.3 is 0 Å². The Morgan fingerprint density at radius 3 is 2.75 bits per heavy atom. The summed E-state index contributed by atoms with van der Waals surface area (Å²) < 4.78 is 5.51. The molecule has 1 fully saturated rings. The Hall–Kier alpha value is -0.900. The van der Waals surface area contributed by atoms with Gasteiger partial charge in [-0.15, -0.1) is 0 Å². The lowest BCUT2D eigenvalue weighted by Crippen LogP contribution is -2.35. The van der Waals surface area contributed by atoms with E-state index in [4.69, 9.17) is 4.74 Å².